The normalized spacial score (nSPS) is 11.6. The van der Waals surface area contributed by atoms with Crippen molar-refractivity contribution in [2.24, 2.45) is 0 Å². The van der Waals surface area contributed by atoms with Gasteiger partial charge in [-0.05, 0) is 48.4 Å². The maximum absolute atomic E-state index is 12.9. The van der Waals surface area contributed by atoms with Crippen LogP contribution in [-0.2, 0) is 0 Å². The molecule has 0 fully saturated rings. The van der Waals surface area contributed by atoms with Gasteiger partial charge in [-0.1, -0.05) is 12.1 Å². The summed E-state index contributed by atoms with van der Waals surface area (Å²) in [6.07, 6.45) is 2.62. The van der Waals surface area contributed by atoms with Crippen LogP contribution in [0.15, 0.2) is 55.1 Å². The van der Waals surface area contributed by atoms with Crippen LogP contribution in [0.4, 0.5) is 4.39 Å². The first-order valence-corrected chi connectivity index (χ1v) is 7.39. The molecule has 1 unspecified atom stereocenters. The molecule has 23 heavy (non-hydrogen) atoms. The largest absolute Gasteiger partial charge is 0.493 e. The Hall–Kier alpha value is -2.49. The third kappa shape index (κ3) is 4.49. The molecule has 3 nitrogen and oxygen atoms in total. The Balaban J connectivity index is 2.14. The lowest BCUT2D eigenvalue weighted by molar-refractivity contribution is 0.287. The summed E-state index contributed by atoms with van der Waals surface area (Å²) in [5, 5.41) is 0. The van der Waals surface area contributed by atoms with E-state index in [-0.39, 0.29) is 11.7 Å². The Labute approximate surface area is 136 Å². The minimum absolute atomic E-state index is 0.123. The van der Waals surface area contributed by atoms with Crippen molar-refractivity contribution in [2.45, 2.75) is 12.3 Å². The van der Waals surface area contributed by atoms with Gasteiger partial charge in [-0.2, -0.15) is 0 Å². The lowest BCUT2D eigenvalue weighted by Gasteiger charge is -2.18. The van der Waals surface area contributed by atoms with Gasteiger partial charge in [0.2, 0.25) is 0 Å². The summed E-state index contributed by atoms with van der Waals surface area (Å²) in [6, 6.07) is 11.8. The van der Waals surface area contributed by atoms with Crippen LogP contribution in [0.1, 0.15) is 17.9 Å². The molecule has 0 amide bonds. The summed E-state index contributed by atoms with van der Waals surface area (Å²) in [5.41, 5.74) is 1.07. The topological polar surface area (TPSA) is 27.7 Å². The van der Waals surface area contributed by atoms with Gasteiger partial charge >= 0.3 is 0 Å². The van der Waals surface area contributed by atoms with Crippen LogP contribution in [-0.4, -0.2) is 20.8 Å². The van der Waals surface area contributed by atoms with Crippen LogP contribution in [0.25, 0.3) is 0 Å². The lowest BCUT2D eigenvalue weighted by atomic mass is 9.96. The molecule has 0 aliphatic carbocycles. The molecule has 1 atom stereocenters. The molecule has 0 bridgehead atoms. The molecule has 2 aromatic rings. The summed E-state index contributed by atoms with van der Waals surface area (Å²) in [6.45, 7) is 4.27. The molecule has 0 aliphatic rings. The number of benzene rings is 2. The molecule has 0 saturated heterocycles. The predicted molar refractivity (Wildman–Crippen MR) is 89.0 cm³/mol. The average Bonchev–Trinajstić information content (AvgIpc) is 2.59. The maximum atomic E-state index is 12.9. The van der Waals surface area contributed by atoms with Crippen molar-refractivity contribution in [3.63, 3.8) is 0 Å². The van der Waals surface area contributed by atoms with E-state index < -0.39 is 0 Å². The van der Waals surface area contributed by atoms with Gasteiger partial charge in [0.05, 0.1) is 20.8 Å². The van der Waals surface area contributed by atoms with E-state index in [2.05, 4.69) is 6.58 Å². The predicted octanol–water partition coefficient (Wildman–Crippen LogP) is 4.58. The maximum Gasteiger partial charge on any atom is 0.160 e. The summed E-state index contributed by atoms with van der Waals surface area (Å²) in [5.74, 6) is 1.85. The van der Waals surface area contributed by atoms with Gasteiger partial charge in [0.15, 0.2) is 11.5 Å². The van der Waals surface area contributed by atoms with Crippen LogP contribution < -0.4 is 14.2 Å². The van der Waals surface area contributed by atoms with E-state index in [0.29, 0.717) is 23.9 Å². The van der Waals surface area contributed by atoms with Crippen LogP contribution in [0.2, 0.25) is 0 Å². The second-order valence-corrected chi connectivity index (χ2v) is 5.10. The molecule has 0 N–H and O–H groups in total. The molecular formula is C19H21FO3. The van der Waals surface area contributed by atoms with Crippen molar-refractivity contribution >= 4 is 0 Å². The molecule has 2 rings (SSSR count). The van der Waals surface area contributed by atoms with Crippen LogP contribution in [0, 0.1) is 5.82 Å². The lowest BCUT2D eigenvalue weighted by Crippen LogP contribution is -2.10. The minimum Gasteiger partial charge on any atom is -0.493 e. The highest BCUT2D eigenvalue weighted by Crippen LogP contribution is 2.32. The number of hydrogen-bond donors (Lipinski definition) is 0. The quantitative estimate of drug-likeness (QED) is 0.667. The zero-order chi connectivity index (χ0) is 16.7. The highest BCUT2D eigenvalue weighted by Gasteiger charge is 2.14. The monoisotopic (exact) mass is 316 g/mol. The molecule has 0 radical (unpaired) electrons. The summed E-state index contributed by atoms with van der Waals surface area (Å²) in [7, 11) is 3.22. The Morgan fingerprint density at radius 1 is 1.04 bits per heavy atom. The van der Waals surface area contributed by atoms with Crippen molar-refractivity contribution < 1.29 is 18.6 Å². The van der Waals surface area contributed by atoms with E-state index in [9.17, 15) is 4.39 Å². The van der Waals surface area contributed by atoms with Gasteiger partial charge in [-0.25, -0.2) is 4.39 Å². The molecule has 4 heteroatoms. The Kier molecular flexibility index (Phi) is 6.03. The Morgan fingerprint density at radius 2 is 1.74 bits per heavy atom. The fourth-order valence-electron chi connectivity index (χ4n) is 2.34. The number of halogens is 1. The smallest absolute Gasteiger partial charge is 0.160 e. The number of ether oxygens (including phenoxy) is 3. The van der Waals surface area contributed by atoms with E-state index in [4.69, 9.17) is 14.2 Å². The van der Waals surface area contributed by atoms with Gasteiger partial charge in [0, 0.05) is 5.92 Å². The van der Waals surface area contributed by atoms with Crippen LogP contribution in [0.5, 0.6) is 17.2 Å². The fourth-order valence-corrected chi connectivity index (χ4v) is 2.34. The third-order valence-corrected chi connectivity index (χ3v) is 3.60. The van der Waals surface area contributed by atoms with Crippen molar-refractivity contribution in [3.05, 3.63) is 66.5 Å². The van der Waals surface area contributed by atoms with E-state index in [1.165, 1.54) is 12.1 Å². The SMILES string of the molecule is C=CCC(COc1ccc(F)cc1)c1ccc(OC)c(OC)c1. The second-order valence-electron chi connectivity index (χ2n) is 5.10. The Bertz CT molecular complexity index is 638. The molecule has 0 spiro atoms. The average molecular weight is 316 g/mol. The molecule has 122 valence electrons. The summed E-state index contributed by atoms with van der Waals surface area (Å²) < 4.78 is 29.3. The van der Waals surface area contributed by atoms with Crippen LogP contribution >= 0.6 is 0 Å². The minimum atomic E-state index is -0.278. The number of methoxy groups -OCH3 is 2. The van der Waals surface area contributed by atoms with Gasteiger partial charge in [-0.15, -0.1) is 6.58 Å². The highest BCUT2D eigenvalue weighted by molar-refractivity contribution is 5.44. The van der Waals surface area contributed by atoms with Crippen molar-refractivity contribution in [2.75, 3.05) is 20.8 Å². The molecule has 0 aliphatic heterocycles. The number of rotatable bonds is 8. The van der Waals surface area contributed by atoms with E-state index in [1.807, 2.05) is 24.3 Å². The van der Waals surface area contributed by atoms with E-state index in [0.717, 1.165) is 12.0 Å². The fraction of sp³-hybridized carbons (Fsp3) is 0.263. The molecule has 0 aromatic heterocycles. The number of hydrogen-bond acceptors (Lipinski definition) is 3. The molecule has 2 aromatic carbocycles. The van der Waals surface area contributed by atoms with E-state index >= 15 is 0 Å². The van der Waals surface area contributed by atoms with Crippen molar-refractivity contribution in [1.82, 2.24) is 0 Å². The standard InChI is InChI=1S/C19H21FO3/c1-4-5-15(13-23-17-9-7-16(20)8-10-17)14-6-11-18(21-2)19(12-14)22-3/h4,6-12,15H,1,5,13H2,2-3H3. The third-order valence-electron chi connectivity index (χ3n) is 3.60. The summed E-state index contributed by atoms with van der Waals surface area (Å²) >= 11 is 0. The first kappa shape index (κ1) is 16.9. The van der Waals surface area contributed by atoms with Gasteiger partial charge < -0.3 is 14.2 Å². The number of allylic oxidation sites excluding steroid dienone is 1. The zero-order valence-electron chi connectivity index (χ0n) is 13.4. The van der Waals surface area contributed by atoms with Crippen molar-refractivity contribution in [1.29, 1.82) is 0 Å². The molecular weight excluding hydrogens is 295 g/mol. The Morgan fingerprint density at radius 3 is 2.35 bits per heavy atom. The van der Waals surface area contributed by atoms with E-state index in [1.54, 1.807) is 26.4 Å². The second kappa shape index (κ2) is 8.22. The van der Waals surface area contributed by atoms with Gasteiger partial charge in [0.1, 0.15) is 11.6 Å². The highest BCUT2D eigenvalue weighted by atomic mass is 19.1. The van der Waals surface area contributed by atoms with Gasteiger partial charge in [-0.3, -0.25) is 0 Å². The summed E-state index contributed by atoms with van der Waals surface area (Å²) in [4.78, 5) is 0. The van der Waals surface area contributed by atoms with Crippen molar-refractivity contribution in [3.8, 4) is 17.2 Å². The molecule has 0 saturated carbocycles. The van der Waals surface area contributed by atoms with Gasteiger partial charge in [0.25, 0.3) is 0 Å². The first-order chi connectivity index (χ1) is 11.2. The zero-order valence-corrected chi connectivity index (χ0v) is 13.4. The first-order valence-electron chi connectivity index (χ1n) is 7.39. The van der Waals surface area contributed by atoms with Crippen LogP contribution in [0.3, 0.4) is 0 Å². The molecule has 0 heterocycles.